The quantitative estimate of drug-likeness (QED) is 0.174. The number of aromatic nitrogens is 1. The lowest BCUT2D eigenvalue weighted by Gasteiger charge is -2.11. The van der Waals surface area contributed by atoms with Crippen LogP contribution in [0.1, 0.15) is 47.8 Å². The molecule has 6 nitrogen and oxygen atoms in total. The molecule has 0 saturated carbocycles. The highest BCUT2D eigenvalue weighted by Gasteiger charge is 2.14. The van der Waals surface area contributed by atoms with Crippen molar-refractivity contribution in [2.75, 3.05) is 19.0 Å². The Labute approximate surface area is 215 Å². The molecule has 0 saturated heterocycles. The van der Waals surface area contributed by atoms with Gasteiger partial charge in [-0.2, -0.15) is 5.26 Å². The summed E-state index contributed by atoms with van der Waals surface area (Å²) in [6.07, 6.45) is 7.08. The van der Waals surface area contributed by atoms with Crippen LogP contribution in [0.3, 0.4) is 0 Å². The summed E-state index contributed by atoms with van der Waals surface area (Å²) in [6, 6.07) is 13.2. The van der Waals surface area contributed by atoms with Gasteiger partial charge in [0, 0.05) is 22.5 Å². The number of carbonyl (C=O) groups is 1. The van der Waals surface area contributed by atoms with Crippen LogP contribution >= 0.6 is 22.9 Å². The molecular weight excluding hydrogens is 482 g/mol. The van der Waals surface area contributed by atoms with Crippen molar-refractivity contribution >= 4 is 40.1 Å². The fraction of sp³-hybridized carbons (Fsp3) is 0.296. The molecule has 2 aromatic carbocycles. The van der Waals surface area contributed by atoms with Gasteiger partial charge in [-0.3, -0.25) is 10.1 Å². The average molecular weight is 510 g/mol. The minimum Gasteiger partial charge on any atom is -0.493 e. The monoisotopic (exact) mass is 509 g/mol. The highest BCUT2D eigenvalue weighted by molar-refractivity contribution is 7.15. The Balaban J connectivity index is 1.67. The van der Waals surface area contributed by atoms with Crippen molar-refractivity contribution < 1.29 is 14.3 Å². The topological polar surface area (TPSA) is 84.2 Å². The van der Waals surface area contributed by atoms with Crippen molar-refractivity contribution in [1.29, 1.82) is 5.26 Å². The number of unbranched alkanes of at least 4 members (excludes halogenated alkanes) is 2. The summed E-state index contributed by atoms with van der Waals surface area (Å²) < 4.78 is 11.2. The largest absolute Gasteiger partial charge is 0.493 e. The number of ether oxygens (including phenoxy) is 2. The first-order chi connectivity index (χ1) is 16.9. The maximum Gasteiger partial charge on any atom is 0.268 e. The van der Waals surface area contributed by atoms with Crippen molar-refractivity contribution in [2.45, 2.75) is 39.5 Å². The van der Waals surface area contributed by atoms with Gasteiger partial charge < -0.3 is 9.47 Å². The zero-order chi connectivity index (χ0) is 25.2. The van der Waals surface area contributed by atoms with Crippen LogP contribution in [0, 0.1) is 18.3 Å². The number of aryl methyl sites for hydroxylation is 1. The lowest BCUT2D eigenvalue weighted by molar-refractivity contribution is -0.112. The first-order valence-corrected chi connectivity index (χ1v) is 12.6. The second-order valence-electron chi connectivity index (χ2n) is 7.98. The molecule has 0 aliphatic carbocycles. The number of benzene rings is 2. The predicted molar refractivity (Wildman–Crippen MR) is 141 cm³/mol. The standard InChI is InChI=1S/C27H28ClN3O3S/c1-4-5-6-11-34-24-10-9-19(15-25(24)33-3)12-21(16-29)26(32)31-27-30-17-22(35-27)13-20-8-7-18(2)23(28)14-20/h7-10,12,14-15,17H,4-6,11,13H2,1-3H3,(H,30,31,32)/b21-12+. The summed E-state index contributed by atoms with van der Waals surface area (Å²) in [5.74, 6) is 0.660. The van der Waals surface area contributed by atoms with E-state index >= 15 is 0 Å². The van der Waals surface area contributed by atoms with Crippen LogP contribution in [0.5, 0.6) is 11.5 Å². The maximum absolute atomic E-state index is 12.7. The molecule has 8 heteroatoms. The van der Waals surface area contributed by atoms with Gasteiger partial charge >= 0.3 is 0 Å². The van der Waals surface area contributed by atoms with Gasteiger partial charge in [-0.25, -0.2) is 4.98 Å². The molecule has 1 N–H and O–H groups in total. The molecule has 0 atom stereocenters. The Bertz CT molecular complexity index is 1250. The average Bonchev–Trinajstić information content (AvgIpc) is 3.29. The highest BCUT2D eigenvalue weighted by atomic mass is 35.5. The van der Waals surface area contributed by atoms with Crippen molar-refractivity contribution in [2.24, 2.45) is 0 Å². The zero-order valence-corrected chi connectivity index (χ0v) is 21.6. The molecule has 0 bridgehead atoms. The van der Waals surface area contributed by atoms with Crippen molar-refractivity contribution in [3.63, 3.8) is 0 Å². The van der Waals surface area contributed by atoms with Gasteiger partial charge in [0.05, 0.1) is 13.7 Å². The number of rotatable bonds is 11. The Morgan fingerprint density at radius 3 is 2.77 bits per heavy atom. The van der Waals surface area contributed by atoms with Crippen LogP contribution in [-0.4, -0.2) is 24.6 Å². The molecule has 1 amide bonds. The van der Waals surface area contributed by atoms with Gasteiger partial charge in [0.25, 0.3) is 5.91 Å². The number of carbonyl (C=O) groups excluding carboxylic acids is 1. The van der Waals surface area contributed by atoms with E-state index < -0.39 is 5.91 Å². The van der Waals surface area contributed by atoms with Gasteiger partial charge in [-0.05, 0) is 54.3 Å². The first-order valence-electron chi connectivity index (χ1n) is 11.4. The number of hydrogen-bond donors (Lipinski definition) is 1. The Morgan fingerprint density at radius 1 is 1.23 bits per heavy atom. The van der Waals surface area contributed by atoms with Crippen LogP contribution in [0.4, 0.5) is 5.13 Å². The minimum absolute atomic E-state index is 0.0364. The summed E-state index contributed by atoms with van der Waals surface area (Å²) in [7, 11) is 1.56. The predicted octanol–water partition coefficient (Wildman–Crippen LogP) is 6.82. The molecule has 1 aromatic heterocycles. The summed E-state index contributed by atoms with van der Waals surface area (Å²) in [5, 5.41) is 13.4. The van der Waals surface area contributed by atoms with Crippen LogP contribution in [-0.2, 0) is 11.2 Å². The van der Waals surface area contributed by atoms with E-state index in [0.717, 1.165) is 40.3 Å². The van der Waals surface area contributed by atoms with Crippen LogP contribution in [0.15, 0.2) is 48.2 Å². The molecule has 35 heavy (non-hydrogen) atoms. The molecule has 182 valence electrons. The van der Waals surface area contributed by atoms with Crippen LogP contribution in [0.2, 0.25) is 5.02 Å². The second kappa shape index (κ2) is 12.9. The Morgan fingerprint density at radius 2 is 2.06 bits per heavy atom. The van der Waals surface area contributed by atoms with Crippen molar-refractivity contribution in [3.8, 4) is 17.6 Å². The molecule has 0 aliphatic rings. The number of anilines is 1. The van der Waals surface area contributed by atoms with E-state index in [9.17, 15) is 10.1 Å². The lowest BCUT2D eigenvalue weighted by Crippen LogP contribution is -2.13. The number of halogens is 1. The maximum atomic E-state index is 12.7. The summed E-state index contributed by atoms with van der Waals surface area (Å²) >= 11 is 7.57. The van der Waals surface area contributed by atoms with E-state index in [2.05, 4.69) is 17.2 Å². The van der Waals surface area contributed by atoms with Crippen LogP contribution < -0.4 is 14.8 Å². The number of hydrogen-bond acceptors (Lipinski definition) is 6. The van der Waals surface area contributed by atoms with Crippen molar-refractivity contribution in [1.82, 2.24) is 4.98 Å². The van der Waals surface area contributed by atoms with E-state index in [1.54, 1.807) is 31.5 Å². The molecule has 0 radical (unpaired) electrons. The molecule has 0 spiro atoms. The fourth-order valence-electron chi connectivity index (χ4n) is 3.30. The first kappa shape index (κ1) is 26.3. The van der Waals surface area contributed by atoms with Gasteiger partial charge in [-0.1, -0.05) is 49.6 Å². The highest BCUT2D eigenvalue weighted by Crippen LogP contribution is 2.29. The zero-order valence-electron chi connectivity index (χ0n) is 20.1. The third-order valence-electron chi connectivity index (χ3n) is 5.26. The van der Waals surface area contributed by atoms with Gasteiger partial charge in [0.1, 0.15) is 11.6 Å². The number of amides is 1. The fourth-order valence-corrected chi connectivity index (χ4v) is 4.35. The molecule has 0 unspecified atom stereocenters. The summed E-state index contributed by atoms with van der Waals surface area (Å²) in [6.45, 7) is 4.71. The van der Waals surface area contributed by atoms with E-state index in [0.29, 0.717) is 35.2 Å². The molecule has 3 rings (SSSR count). The van der Waals surface area contributed by atoms with Crippen LogP contribution in [0.25, 0.3) is 6.08 Å². The number of nitrogens with one attached hydrogen (secondary N) is 1. The number of nitriles is 1. The third-order valence-corrected chi connectivity index (χ3v) is 6.58. The van der Waals surface area contributed by atoms with Crippen molar-refractivity contribution in [3.05, 3.63) is 74.8 Å². The third kappa shape index (κ3) is 7.57. The SMILES string of the molecule is CCCCCOc1ccc(/C=C(\C#N)C(=O)Nc2ncc(Cc3ccc(C)c(Cl)c3)s2)cc1OC. The van der Waals surface area contributed by atoms with E-state index in [1.165, 1.54) is 17.4 Å². The van der Waals surface area contributed by atoms with E-state index in [-0.39, 0.29) is 5.57 Å². The van der Waals surface area contributed by atoms with E-state index in [4.69, 9.17) is 21.1 Å². The molecule has 0 aliphatic heterocycles. The Kier molecular flexibility index (Phi) is 9.71. The molecule has 1 heterocycles. The smallest absolute Gasteiger partial charge is 0.268 e. The second-order valence-corrected chi connectivity index (χ2v) is 9.50. The molecular formula is C27H28ClN3O3S. The lowest BCUT2D eigenvalue weighted by atomic mass is 10.1. The normalized spacial score (nSPS) is 11.1. The van der Waals surface area contributed by atoms with E-state index in [1.807, 2.05) is 31.2 Å². The summed E-state index contributed by atoms with van der Waals surface area (Å²) in [4.78, 5) is 18.0. The van der Waals surface area contributed by atoms with Gasteiger partial charge in [0.15, 0.2) is 16.6 Å². The summed E-state index contributed by atoms with van der Waals surface area (Å²) in [5.41, 5.74) is 2.71. The molecule has 3 aromatic rings. The Hall–Kier alpha value is -3.34. The minimum atomic E-state index is -0.523. The number of methoxy groups -OCH3 is 1. The molecule has 0 fully saturated rings. The number of nitrogens with zero attached hydrogens (tertiary/aromatic N) is 2. The number of thiazole rings is 1. The van der Waals surface area contributed by atoms with Gasteiger partial charge in [0.2, 0.25) is 0 Å². The van der Waals surface area contributed by atoms with Gasteiger partial charge in [-0.15, -0.1) is 11.3 Å².